The van der Waals surface area contributed by atoms with Gasteiger partial charge in [-0.1, -0.05) is 5.16 Å². The number of nitrogens with zero attached hydrogens (tertiary/aromatic N) is 3. The van der Waals surface area contributed by atoms with Crippen LogP contribution in [0.3, 0.4) is 0 Å². The number of anilines is 1. The quantitative estimate of drug-likeness (QED) is 0.499. The van der Waals surface area contributed by atoms with Crippen LogP contribution in [-0.4, -0.2) is 35.1 Å². The van der Waals surface area contributed by atoms with E-state index in [-0.39, 0.29) is 5.76 Å². The normalized spacial score (nSPS) is 10.7. The molecular formula is C23H22N4O4. The van der Waals surface area contributed by atoms with E-state index in [1.165, 1.54) is 0 Å². The molecule has 0 aliphatic carbocycles. The van der Waals surface area contributed by atoms with E-state index in [2.05, 4.69) is 15.6 Å². The molecule has 0 bridgehead atoms. The smallest absolute Gasteiger partial charge is 0.294 e. The predicted molar refractivity (Wildman–Crippen MR) is 116 cm³/mol. The van der Waals surface area contributed by atoms with Crippen LogP contribution in [0.4, 0.5) is 5.69 Å². The lowest BCUT2D eigenvalue weighted by Gasteiger charge is -2.12. The first-order chi connectivity index (χ1) is 15.0. The molecule has 2 aromatic heterocycles. The summed E-state index contributed by atoms with van der Waals surface area (Å²) in [6, 6.07) is 16.3. The SMILES string of the molecule is COc1ccc(-c2cc(C(=O)Nc3ccc(-n4nc(C)cc4C)c(OC)c3)on2)cc1. The molecule has 0 aliphatic heterocycles. The van der Waals surface area contributed by atoms with Gasteiger partial charge in [0.2, 0.25) is 5.76 Å². The summed E-state index contributed by atoms with van der Waals surface area (Å²) < 4.78 is 17.7. The fourth-order valence-electron chi connectivity index (χ4n) is 3.28. The number of methoxy groups -OCH3 is 2. The van der Waals surface area contributed by atoms with Crippen LogP contribution in [0.2, 0.25) is 0 Å². The van der Waals surface area contributed by atoms with E-state index < -0.39 is 5.91 Å². The van der Waals surface area contributed by atoms with Crippen LogP contribution in [0, 0.1) is 13.8 Å². The van der Waals surface area contributed by atoms with Crippen LogP contribution in [-0.2, 0) is 0 Å². The van der Waals surface area contributed by atoms with Gasteiger partial charge in [0.1, 0.15) is 22.9 Å². The Morgan fingerprint density at radius 2 is 1.77 bits per heavy atom. The van der Waals surface area contributed by atoms with E-state index in [0.29, 0.717) is 17.1 Å². The van der Waals surface area contributed by atoms with Crippen LogP contribution >= 0.6 is 0 Å². The Hall–Kier alpha value is -4.07. The van der Waals surface area contributed by atoms with Crippen LogP contribution in [0.5, 0.6) is 11.5 Å². The van der Waals surface area contributed by atoms with Crippen LogP contribution in [0.15, 0.2) is 59.1 Å². The zero-order chi connectivity index (χ0) is 22.0. The highest BCUT2D eigenvalue weighted by atomic mass is 16.5. The minimum Gasteiger partial charge on any atom is -0.497 e. The maximum Gasteiger partial charge on any atom is 0.294 e. The van der Waals surface area contributed by atoms with Gasteiger partial charge in [-0.15, -0.1) is 0 Å². The summed E-state index contributed by atoms with van der Waals surface area (Å²) in [5, 5.41) is 11.3. The van der Waals surface area contributed by atoms with Gasteiger partial charge < -0.3 is 19.3 Å². The molecule has 8 heteroatoms. The minimum absolute atomic E-state index is 0.104. The molecule has 2 heterocycles. The number of hydrogen-bond donors (Lipinski definition) is 1. The third-order valence-electron chi connectivity index (χ3n) is 4.80. The van der Waals surface area contributed by atoms with Gasteiger partial charge in [0.05, 0.1) is 19.9 Å². The number of rotatable bonds is 6. The maximum atomic E-state index is 12.6. The zero-order valence-electron chi connectivity index (χ0n) is 17.7. The van der Waals surface area contributed by atoms with Crippen molar-refractivity contribution in [3.63, 3.8) is 0 Å². The summed E-state index contributed by atoms with van der Waals surface area (Å²) in [6.07, 6.45) is 0. The number of carbonyl (C=O) groups is 1. The molecule has 1 N–H and O–H groups in total. The van der Waals surface area contributed by atoms with Crippen LogP contribution < -0.4 is 14.8 Å². The van der Waals surface area contributed by atoms with Crippen molar-refractivity contribution in [1.82, 2.24) is 14.9 Å². The molecule has 4 rings (SSSR count). The first-order valence-corrected chi connectivity index (χ1v) is 9.62. The number of ether oxygens (including phenoxy) is 2. The van der Waals surface area contributed by atoms with Gasteiger partial charge in [0, 0.05) is 29.1 Å². The Labute approximate surface area is 179 Å². The number of hydrogen-bond acceptors (Lipinski definition) is 6. The van der Waals surface area contributed by atoms with E-state index in [9.17, 15) is 4.79 Å². The van der Waals surface area contributed by atoms with E-state index >= 15 is 0 Å². The minimum atomic E-state index is -0.409. The summed E-state index contributed by atoms with van der Waals surface area (Å²) in [4.78, 5) is 12.6. The monoisotopic (exact) mass is 418 g/mol. The Balaban J connectivity index is 1.53. The van der Waals surface area contributed by atoms with Crippen LogP contribution in [0.1, 0.15) is 21.9 Å². The van der Waals surface area contributed by atoms with Crippen molar-refractivity contribution < 1.29 is 18.8 Å². The Bertz CT molecular complexity index is 1220. The lowest BCUT2D eigenvalue weighted by atomic mass is 10.1. The molecule has 0 aliphatic rings. The molecule has 0 saturated heterocycles. The highest BCUT2D eigenvalue weighted by Gasteiger charge is 2.16. The number of benzene rings is 2. The van der Waals surface area contributed by atoms with Crippen LogP contribution in [0.25, 0.3) is 16.9 Å². The van der Waals surface area contributed by atoms with Crippen molar-refractivity contribution in [1.29, 1.82) is 0 Å². The first-order valence-electron chi connectivity index (χ1n) is 9.62. The van der Waals surface area contributed by atoms with Gasteiger partial charge in [-0.2, -0.15) is 5.10 Å². The fraction of sp³-hybridized carbons (Fsp3) is 0.174. The highest BCUT2D eigenvalue weighted by Crippen LogP contribution is 2.28. The van der Waals surface area contributed by atoms with Gasteiger partial charge in [-0.3, -0.25) is 4.79 Å². The van der Waals surface area contributed by atoms with Crippen molar-refractivity contribution in [3.8, 4) is 28.4 Å². The second kappa shape index (κ2) is 8.35. The molecule has 31 heavy (non-hydrogen) atoms. The molecule has 0 spiro atoms. The van der Waals surface area contributed by atoms with E-state index in [1.807, 2.05) is 50.2 Å². The number of aryl methyl sites for hydroxylation is 2. The molecule has 0 fully saturated rings. The molecule has 0 radical (unpaired) electrons. The second-order valence-electron chi connectivity index (χ2n) is 6.98. The number of carbonyl (C=O) groups excluding carboxylic acids is 1. The average Bonchev–Trinajstić information content (AvgIpc) is 3.40. The summed E-state index contributed by atoms with van der Waals surface area (Å²) >= 11 is 0. The third kappa shape index (κ3) is 4.13. The zero-order valence-corrected chi connectivity index (χ0v) is 17.7. The summed E-state index contributed by atoms with van der Waals surface area (Å²) in [7, 11) is 3.18. The Morgan fingerprint density at radius 3 is 2.42 bits per heavy atom. The van der Waals surface area contributed by atoms with Gasteiger partial charge in [-0.25, -0.2) is 4.68 Å². The molecule has 158 valence electrons. The Morgan fingerprint density at radius 1 is 1.00 bits per heavy atom. The van der Waals surface area contributed by atoms with Crippen molar-refractivity contribution in [3.05, 3.63) is 71.7 Å². The molecular weight excluding hydrogens is 396 g/mol. The second-order valence-corrected chi connectivity index (χ2v) is 6.98. The highest BCUT2D eigenvalue weighted by molar-refractivity contribution is 6.02. The van der Waals surface area contributed by atoms with E-state index in [0.717, 1.165) is 28.4 Å². The molecule has 2 aromatic carbocycles. The number of nitrogens with one attached hydrogen (secondary N) is 1. The number of aromatic nitrogens is 3. The largest absolute Gasteiger partial charge is 0.497 e. The molecule has 0 saturated carbocycles. The van der Waals surface area contributed by atoms with E-state index in [4.69, 9.17) is 14.0 Å². The number of amides is 1. The van der Waals surface area contributed by atoms with Crippen molar-refractivity contribution >= 4 is 11.6 Å². The van der Waals surface area contributed by atoms with Gasteiger partial charge in [0.15, 0.2) is 0 Å². The van der Waals surface area contributed by atoms with Crippen molar-refractivity contribution in [2.24, 2.45) is 0 Å². The molecule has 1 amide bonds. The van der Waals surface area contributed by atoms with Gasteiger partial charge >= 0.3 is 0 Å². The average molecular weight is 418 g/mol. The maximum absolute atomic E-state index is 12.6. The summed E-state index contributed by atoms with van der Waals surface area (Å²) in [5.41, 5.74) is 4.63. The fourth-order valence-corrected chi connectivity index (χ4v) is 3.28. The van der Waals surface area contributed by atoms with Gasteiger partial charge in [0.25, 0.3) is 5.91 Å². The topological polar surface area (TPSA) is 91.4 Å². The van der Waals surface area contributed by atoms with Gasteiger partial charge in [-0.05, 0) is 56.3 Å². The van der Waals surface area contributed by atoms with Crippen molar-refractivity contribution in [2.45, 2.75) is 13.8 Å². The summed E-state index contributed by atoms with van der Waals surface area (Å²) in [5.74, 6) is 1.02. The predicted octanol–water partition coefficient (Wildman–Crippen LogP) is 4.41. The summed E-state index contributed by atoms with van der Waals surface area (Å²) in [6.45, 7) is 3.90. The molecule has 4 aromatic rings. The molecule has 8 nitrogen and oxygen atoms in total. The Kier molecular flexibility index (Phi) is 5.44. The third-order valence-corrected chi connectivity index (χ3v) is 4.80. The lowest BCUT2D eigenvalue weighted by molar-refractivity contribution is 0.0988. The van der Waals surface area contributed by atoms with Crippen molar-refractivity contribution in [2.75, 3.05) is 19.5 Å². The first kappa shape index (κ1) is 20.2. The standard InChI is InChI=1S/C23H22N4O4/c1-14-11-15(2)27(25-14)20-10-7-17(12-21(20)30-4)24-23(28)22-13-19(26-31-22)16-5-8-18(29-3)9-6-16/h5-13H,1-4H3,(H,24,28). The molecule has 0 atom stereocenters. The molecule has 0 unspecified atom stereocenters. The van der Waals surface area contributed by atoms with E-state index in [1.54, 1.807) is 37.1 Å². The lowest BCUT2D eigenvalue weighted by Crippen LogP contribution is -2.11.